The molecule has 0 spiro atoms. The molecule has 0 radical (unpaired) electrons. The van der Waals surface area contributed by atoms with Gasteiger partial charge in [0.25, 0.3) is 0 Å². The number of nitrogens with two attached hydrogens (primary N) is 1. The molecule has 2 rings (SSSR count). The van der Waals surface area contributed by atoms with Gasteiger partial charge in [-0.25, -0.2) is 9.97 Å². The van der Waals surface area contributed by atoms with Crippen LogP contribution < -0.4 is 15.5 Å². The van der Waals surface area contributed by atoms with Crippen LogP contribution in [-0.2, 0) is 0 Å². The Morgan fingerprint density at radius 3 is 2.41 bits per heavy atom. The molecule has 2 heterocycles. The maximum absolute atomic E-state index is 6.13. The van der Waals surface area contributed by atoms with Gasteiger partial charge in [0.05, 0.1) is 0 Å². The van der Waals surface area contributed by atoms with Crippen molar-refractivity contribution in [3.63, 3.8) is 0 Å². The Labute approximate surface area is 102 Å². The molecule has 6 nitrogen and oxygen atoms in total. The third kappa shape index (κ3) is 2.41. The second-order valence-electron chi connectivity index (χ2n) is 4.62. The Balaban J connectivity index is 2.24. The average Bonchev–Trinajstić information content (AvgIpc) is 2.30. The first-order chi connectivity index (χ1) is 8.09. The zero-order valence-electron chi connectivity index (χ0n) is 10.7. The zero-order valence-corrected chi connectivity index (χ0v) is 10.7. The minimum Gasteiger partial charge on any atom is -0.393 e. The molecule has 1 aromatic heterocycles. The molecule has 94 valence electrons. The van der Waals surface area contributed by atoms with Gasteiger partial charge in [-0.3, -0.25) is 0 Å². The van der Waals surface area contributed by atoms with Crippen molar-refractivity contribution in [3.05, 3.63) is 6.33 Å². The topological polar surface area (TPSA) is 61.5 Å². The summed E-state index contributed by atoms with van der Waals surface area (Å²) in [5, 5.41) is 0. The SMILES string of the molecule is CN1CCN(c2ncnc(N(C)C)c2N)CC1. The lowest BCUT2D eigenvalue weighted by Gasteiger charge is -2.34. The molecule has 6 heteroatoms. The molecule has 0 unspecified atom stereocenters. The highest BCUT2D eigenvalue weighted by Gasteiger charge is 2.19. The van der Waals surface area contributed by atoms with E-state index in [1.807, 2.05) is 19.0 Å². The lowest BCUT2D eigenvalue weighted by molar-refractivity contribution is 0.312. The van der Waals surface area contributed by atoms with Crippen molar-refractivity contribution in [1.82, 2.24) is 14.9 Å². The molecule has 0 aliphatic carbocycles. The Hall–Kier alpha value is -1.56. The number of nitrogens with zero attached hydrogens (tertiary/aromatic N) is 5. The summed E-state index contributed by atoms with van der Waals surface area (Å²) in [6, 6.07) is 0. The van der Waals surface area contributed by atoms with E-state index >= 15 is 0 Å². The molecule has 1 aliphatic rings. The summed E-state index contributed by atoms with van der Waals surface area (Å²) in [4.78, 5) is 15.0. The van der Waals surface area contributed by atoms with E-state index < -0.39 is 0 Å². The summed E-state index contributed by atoms with van der Waals surface area (Å²) in [6.07, 6.45) is 1.58. The van der Waals surface area contributed by atoms with Gasteiger partial charge in [0.1, 0.15) is 12.0 Å². The molecule has 17 heavy (non-hydrogen) atoms. The number of likely N-dealkylation sites (N-methyl/N-ethyl adjacent to an activating group) is 1. The van der Waals surface area contributed by atoms with Crippen molar-refractivity contribution < 1.29 is 0 Å². The Bertz CT molecular complexity index is 384. The number of hydrogen-bond donors (Lipinski definition) is 1. The predicted molar refractivity (Wildman–Crippen MR) is 70.5 cm³/mol. The standard InChI is InChI=1S/C11H20N6/c1-15(2)10-9(12)11(14-8-13-10)17-6-4-16(3)5-7-17/h8H,4-7,12H2,1-3H3. The number of aromatic nitrogens is 2. The Kier molecular flexibility index (Phi) is 3.33. The quantitative estimate of drug-likeness (QED) is 0.772. The first-order valence-corrected chi connectivity index (χ1v) is 5.81. The largest absolute Gasteiger partial charge is 0.393 e. The fourth-order valence-electron chi connectivity index (χ4n) is 2.00. The van der Waals surface area contributed by atoms with Crippen LogP contribution in [0.3, 0.4) is 0 Å². The van der Waals surface area contributed by atoms with E-state index in [1.165, 1.54) is 0 Å². The summed E-state index contributed by atoms with van der Waals surface area (Å²) in [5.74, 6) is 1.64. The third-order valence-electron chi connectivity index (χ3n) is 3.07. The monoisotopic (exact) mass is 236 g/mol. The Morgan fingerprint density at radius 1 is 1.18 bits per heavy atom. The summed E-state index contributed by atoms with van der Waals surface area (Å²) in [5.41, 5.74) is 6.80. The van der Waals surface area contributed by atoms with E-state index in [2.05, 4.69) is 26.8 Å². The number of piperazine rings is 1. The number of rotatable bonds is 2. The van der Waals surface area contributed by atoms with Crippen LogP contribution in [0.4, 0.5) is 17.3 Å². The lowest BCUT2D eigenvalue weighted by Crippen LogP contribution is -2.45. The van der Waals surface area contributed by atoms with Gasteiger partial charge in [-0.2, -0.15) is 0 Å². The smallest absolute Gasteiger partial charge is 0.157 e. The molecule has 0 saturated carbocycles. The van der Waals surface area contributed by atoms with E-state index in [0.717, 1.165) is 37.8 Å². The van der Waals surface area contributed by atoms with Crippen molar-refractivity contribution in [2.45, 2.75) is 0 Å². The fourth-order valence-corrected chi connectivity index (χ4v) is 2.00. The first-order valence-electron chi connectivity index (χ1n) is 5.81. The molecular formula is C11H20N6. The van der Waals surface area contributed by atoms with Gasteiger partial charge >= 0.3 is 0 Å². The summed E-state index contributed by atoms with van der Waals surface area (Å²) in [7, 11) is 6.00. The second-order valence-corrected chi connectivity index (χ2v) is 4.62. The fraction of sp³-hybridized carbons (Fsp3) is 0.636. The van der Waals surface area contributed by atoms with Gasteiger partial charge in [-0.15, -0.1) is 0 Å². The predicted octanol–water partition coefficient (Wildman–Crippen LogP) is -0.123. The minimum atomic E-state index is 0.669. The summed E-state index contributed by atoms with van der Waals surface area (Å²) >= 11 is 0. The molecule has 1 saturated heterocycles. The van der Waals surface area contributed by atoms with E-state index in [0.29, 0.717) is 5.69 Å². The maximum atomic E-state index is 6.13. The molecule has 0 bridgehead atoms. The van der Waals surface area contributed by atoms with Crippen LogP contribution in [0.2, 0.25) is 0 Å². The molecular weight excluding hydrogens is 216 g/mol. The molecule has 1 aliphatic heterocycles. The molecule has 0 amide bonds. The molecule has 0 aromatic carbocycles. The average molecular weight is 236 g/mol. The molecule has 1 aromatic rings. The zero-order chi connectivity index (χ0) is 12.4. The first kappa shape index (κ1) is 11.9. The highest BCUT2D eigenvalue weighted by molar-refractivity contribution is 5.75. The number of nitrogen functional groups attached to an aromatic ring is 1. The number of anilines is 3. The normalized spacial score (nSPS) is 17.2. The molecule has 0 atom stereocenters. The van der Waals surface area contributed by atoms with E-state index in [9.17, 15) is 0 Å². The van der Waals surface area contributed by atoms with Crippen molar-refractivity contribution in [2.24, 2.45) is 0 Å². The van der Waals surface area contributed by atoms with Gasteiger partial charge in [0, 0.05) is 40.3 Å². The van der Waals surface area contributed by atoms with Crippen molar-refractivity contribution in [3.8, 4) is 0 Å². The van der Waals surface area contributed by atoms with Crippen molar-refractivity contribution in [1.29, 1.82) is 0 Å². The van der Waals surface area contributed by atoms with Gasteiger partial charge in [-0.1, -0.05) is 0 Å². The van der Waals surface area contributed by atoms with Crippen LogP contribution in [0, 0.1) is 0 Å². The van der Waals surface area contributed by atoms with E-state index in [4.69, 9.17) is 5.73 Å². The highest BCUT2D eigenvalue weighted by atomic mass is 15.3. The molecule has 2 N–H and O–H groups in total. The third-order valence-corrected chi connectivity index (χ3v) is 3.07. The van der Waals surface area contributed by atoms with Gasteiger partial charge < -0.3 is 20.4 Å². The van der Waals surface area contributed by atoms with E-state index in [-0.39, 0.29) is 0 Å². The number of hydrogen-bond acceptors (Lipinski definition) is 6. The van der Waals surface area contributed by atoms with Gasteiger partial charge in [0.15, 0.2) is 11.6 Å². The van der Waals surface area contributed by atoms with Crippen LogP contribution in [-0.4, -0.2) is 62.2 Å². The van der Waals surface area contributed by atoms with Crippen LogP contribution in [0.5, 0.6) is 0 Å². The summed E-state index contributed by atoms with van der Waals surface area (Å²) < 4.78 is 0. The van der Waals surface area contributed by atoms with Crippen LogP contribution in [0.1, 0.15) is 0 Å². The van der Waals surface area contributed by atoms with E-state index in [1.54, 1.807) is 6.33 Å². The maximum Gasteiger partial charge on any atom is 0.157 e. The van der Waals surface area contributed by atoms with Crippen molar-refractivity contribution in [2.75, 3.05) is 62.9 Å². The van der Waals surface area contributed by atoms with Crippen LogP contribution in [0.15, 0.2) is 6.33 Å². The van der Waals surface area contributed by atoms with Crippen molar-refractivity contribution >= 4 is 17.3 Å². The van der Waals surface area contributed by atoms with Gasteiger partial charge in [-0.05, 0) is 7.05 Å². The summed E-state index contributed by atoms with van der Waals surface area (Å²) in [6.45, 7) is 4.01. The molecule has 1 fully saturated rings. The Morgan fingerprint density at radius 2 is 1.82 bits per heavy atom. The van der Waals surface area contributed by atoms with Gasteiger partial charge in [0.2, 0.25) is 0 Å². The van der Waals surface area contributed by atoms with Crippen LogP contribution >= 0.6 is 0 Å². The van der Waals surface area contributed by atoms with Crippen LogP contribution in [0.25, 0.3) is 0 Å². The second kappa shape index (κ2) is 4.75. The minimum absolute atomic E-state index is 0.669. The highest BCUT2D eigenvalue weighted by Crippen LogP contribution is 2.27. The lowest BCUT2D eigenvalue weighted by atomic mass is 10.3.